The Morgan fingerprint density at radius 2 is 1.95 bits per heavy atom. The molecule has 0 fully saturated rings. The molecule has 4 heteroatoms. The minimum Gasteiger partial charge on any atom is -0.294 e. The van der Waals surface area contributed by atoms with Crippen LogP contribution in [0, 0.1) is 0 Å². The summed E-state index contributed by atoms with van der Waals surface area (Å²) in [5, 5.41) is 0.626. The zero-order chi connectivity index (χ0) is 14.8. The van der Waals surface area contributed by atoms with Crippen LogP contribution in [0.15, 0.2) is 30.3 Å². The number of halogens is 1. The molecule has 0 atom stereocenters. The van der Waals surface area contributed by atoms with Gasteiger partial charge < -0.3 is 0 Å². The van der Waals surface area contributed by atoms with E-state index < -0.39 is 0 Å². The lowest BCUT2D eigenvalue weighted by Gasteiger charge is -2.29. The summed E-state index contributed by atoms with van der Waals surface area (Å²) in [6.07, 6.45) is 0.949. The maximum atomic E-state index is 6.38. The molecule has 3 rings (SSSR count). The Bertz CT molecular complexity index is 625. The van der Waals surface area contributed by atoms with Gasteiger partial charge in [-0.3, -0.25) is 4.90 Å². The fourth-order valence-corrected chi connectivity index (χ4v) is 2.94. The van der Waals surface area contributed by atoms with Gasteiger partial charge in [0, 0.05) is 37.5 Å². The van der Waals surface area contributed by atoms with Crippen molar-refractivity contribution in [3.63, 3.8) is 0 Å². The third-order valence-corrected chi connectivity index (χ3v) is 4.18. The van der Waals surface area contributed by atoms with Crippen LogP contribution in [0.2, 0.25) is 5.15 Å². The van der Waals surface area contributed by atoms with Gasteiger partial charge in [0.1, 0.15) is 11.0 Å². The average molecular weight is 302 g/mol. The van der Waals surface area contributed by atoms with Gasteiger partial charge in [-0.2, -0.15) is 0 Å². The lowest BCUT2D eigenvalue weighted by molar-refractivity contribution is 0.242. The van der Waals surface area contributed by atoms with E-state index in [9.17, 15) is 0 Å². The number of nitrogens with zero attached hydrogens (tertiary/aromatic N) is 3. The highest BCUT2D eigenvalue weighted by molar-refractivity contribution is 6.30. The maximum absolute atomic E-state index is 6.38. The van der Waals surface area contributed by atoms with Crippen LogP contribution in [0.1, 0.15) is 42.4 Å². The van der Waals surface area contributed by atoms with Crippen molar-refractivity contribution in [2.45, 2.75) is 39.3 Å². The van der Waals surface area contributed by atoms with Crippen LogP contribution in [0.4, 0.5) is 0 Å². The second-order valence-corrected chi connectivity index (χ2v) is 6.26. The van der Waals surface area contributed by atoms with Gasteiger partial charge >= 0.3 is 0 Å². The van der Waals surface area contributed by atoms with Gasteiger partial charge in [-0.25, -0.2) is 9.97 Å². The number of aromatic nitrogens is 2. The van der Waals surface area contributed by atoms with Crippen molar-refractivity contribution in [1.29, 1.82) is 0 Å². The van der Waals surface area contributed by atoms with Crippen molar-refractivity contribution < 1.29 is 0 Å². The average Bonchev–Trinajstić information content (AvgIpc) is 2.48. The van der Waals surface area contributed by atoms with Crippen LogP contribution < -0.4 is 0 Å². The molecule has 1 aromatic heterocycles. The fourth-order valence-electron chi connectivity index (χ4n) is 2.68. The molecule has 1 aromatic carbocycles. The monoisotopic (exact) mass is 301 g/mol. The van der Waals surface area contributed by atoms with Crippen molar-refractivity contribution in [3.05, 3.63) is 58.1 Å². The van der Waals surface area contributed by atoms with Gasteiger partial charge in [-0.05, 0) is 5.56 Å². The molecule has 0 saturated heterocycles. The van der Waals surface area contributed by atoms with E-state index in [1.54, 1.807) is 0 Å². The summed E-state index contributed by atoms with van der Waals surface area (Å²) in [6.45, 7) is 7.00. The lowest BCUT2D eigenvalue weighted by Crippen LogP contribution is -2.31. The molecule has 0 unspecified atom stereocenters. The van der Waals surface area contributed by atoms with Crippen molar-refractivity contribution in [2.24, 2.45) is 0 Å². The predicted molar refractivity (Wildman–Crippen MR) is 85.4 cm³/mol. The summed E-state index contributed by atoms with van der Waals surface area (Å²) in [5.74, 6) is 1.17. The summed E-state index contributed by atoms with van der Waals surface area (Å²) < 4.78 is 0. The van der Waals surface area contributed by atoms with Gasteiger partial charge in [-0.15, -0.1) is 0 Å². The highest BCUT2D eigenvalue weighted by Gasteiger charge is 2.22. The van der Waals surface area contributed by atoms with Gasteiger partial charge in [0.15, 0.2) is 0 Å². The van der Waals surface area contributed by atoms with E-state index in [-0.39, 0.29) is 0 Å². The van der Waals surface area contributed by atoms with E-state index in [0.717, 1.165) is 43.1 Å². The van der Waals surface area contributed by atoms with Crippen LogP contribution in [0.25, 0.3) is 0 Å². The molecular weight excluding hydrogens is 282 g/mol. The van der Waals surface area contributed by atoms with E-state index in [2.05, 4.69) is 48.0 Å². The molecule has 3 nitrogen and oxygen atoms in total. The number of hydrogen-bond acceptors (Lipinski definition) is 3. The third kappa shape index (κ3) is 3.25. The Morgan fingerprint density at radius 1 is 1.19 bits per heavy atom. The first-order valence-electron chi connectivity index (χ1n) is 7.45. The molecule has 110 valence electrons. The van der Waals surface area contributed by atoms with Crippen molar-refractivity contribution in [3.8, 4) is 0 Å². The Labute approximate surface area is 131 Å². The van der Waals surface area contributed by atoms with E-state index in [1.165, 1.54) is 5.56 Å². The normalized spacial score (nSPS) is 15.2. The zero-order valence-electron chi connectivity index (χ0n) is 12.5. The number of fused-ring (bicyclic) bond motifs is 1. The van der Waals surface area contributed by atoms with Crippen LogP contribution in [-0.4, -0.2) is 21.4 Å². The largest absolute Gasteiger partial charge is 0.294 e. The third-order valence-electron chi connectivity index (χ3n) is 3.87. The van der Waals surface area contributed by atoms with E-state index in [1.807, 2.05) is 6.07 Å². The Kier molecular flexibility index (Phi) is 4.22. The minimum absolute atomic E-state index is 0.315. The predicted octanol–water partition coefficient (Wildman–Crippen LogP) is 3.81. The van der Waals surface area contributed by atoms with Crippen molar-refractivity contribution >= 4 is 11.6 Å². The molecule has 2 heterocycles. The van der Waals surface area contributed by atoms with E-state index >= 15 is 0 Å². The lowest BCUT2D eigenvalue weighted by atomic mass is 10.1. The molecule has 0 saturated carbocycles. The molecular formula is C17H20ClN3. The fraction of sp³-hybridized carbons (Fsp3) is 0.412. The Balaban J connectivity index is 1.79. The number of benzene rings is 1. The standard InChI is InChI=1S/C17H20ClN3/c1-12(2)17-19-15-8-9-21(11-14(15)16(18)20-17)10-13-6-4-3-5-7-13/h3-7,12H,8-11H2,1-2H3. The maximum Gasteiger partial charge on any atom is 0.137 e. The molecule has 0 amide bonds. The van der Waals surface area contributed by atoms with E-state index in [4.69, 9.17) is 16.6 Å². The van der Waals surface area contributed by atoms with Gasteiger partial charge in [0.05, 0.1) is 5.69 Å². The molecule has 0 spiro atoms. The highest BCUT2D eigenvalue weighted by Crippen LogP contribution is 2.26. The summed E-state index contributed by atoms with van der Waals surface area (Å²) in [5.41, 5.74) is 3.56. The minimum atomic E-state index is 0.315. The first-order valence-corrected chi connectivity index (χ1v) is 7.82. The van der Waals surface area contributed by atoms with Crippen LogP contribution in [0.3, 0.4) is 0 Å². The molecule has 0 radical (unpaired) electrons. The smallest absolute Gasteiger partial charge is 0.137 e. The van der Waals surface area contributed by atoms with Gasteiger partial charge in [0.2, 0.25) is 0 Å². The van der Waals surface area contributed by atoms with Gasteiger partial charge in [-0.1, -0.05) is 55.8 Å². The summed E-state index contributed by atoms with van der Waals surface area (Å²) in [4.78, 5) is 11.6. The van der Waals surface area contributed by atoms with Crippen molar-refractivity contribution in [2.75, 3.05) is 6.54 Å². The Morgan fingerprint density at radius 3 is 2.67 bits per heavy atom. The summed E-state index contributed by atoms with van der Waals surface area (Å²) >= 11 is 6.38. The van der Waals surface area contributed by atoms with Crippen molar-refractivity contribution in [1.82, 2.24) is 14.9 Å². The first kappa shape index (κ1) is 14.5. The number of rotatable bonds is 3. The molecule has 2 aromatic rings. The highest BCUT2D eigenvalue weighted by atomic mass is 35.5. The van der Waals surface area contributed by atoms with Crippen LogP contribution >= 0.6 is 11.6 Å². The molecule has 1 aliphatic rings. The molecule has 0 N–H and O–H groups in total. The molecule has 21 heavy (non-hydrogen) atoms. The molecule has 0 bridgehead atoms. The molecule has 1 aliphatic heterocycles. The number of hydrogen-bond donors (Lipinski definition) is 0. The quantitative estimate of drug-likeness (QED) is 0.807. The molecule has 0 aliphatic carbocycles. The van der Waals surface area contributed by atoms with Crippen LogP contribution in [-0.2, 0) is 19.5 Å². The van der Waals surface area contributed by atoms with Crippen LogP contribution in [0.5, 0.6) is 0 Å². The van der Waals surface area contributed by atoms with E-state index in [0.29, 0.717) is 11.1 Å². The summed E-state index contributed by atoms with van der Waals surface area (Å²) in [7, 11) is 0. The topological polar surface area (TPSA) is 29.0 Å². The summed E-state index contributed by atoms with van der Waals surface area (Å²) in [6, 6.07) is 10.5. The SMILES string of the molecule is CC(C)c1nc(Cl)c2c(n1)CCN(Cc1ccccc1)C2. The second-order valence-electron chi connectivity index (χ2n) is 5.90. The Hall–Kier alpha value is -1.45. The second kappa shape index (κ2) is 6.12. The zero-order valence-corrected chi connectivity index (χ0v) is 13.3. The van der Waals surface area contributed by atoms with Gasteiger partial charge in [0.25, 0.3) is 0 Å². The first-order chi connectivity index (χ1) is 10.1.